The van der Waals surface area contributed by atoms with Gasteiger partial charge >= 0.3 is 0 Å². The van der Waals surface area contributed by atoms with Gasteiger partial charge in [-0.25, -0.2) is 18.7 Å². The molecule has 0 spiro atoms. The van der Waals surface area contributed by atoms with Crippen molar-refractivity contribution < 1.29 is 32.3 Å². The Morgan fingerprint density at radius 2 is 1.59 bits per heavy atom. The lowest BCUT2D eigenvalue weighted by atomic mass is 9.90. The van der Waals surface area contributed by atoms with Gasteiger partial charge < -0.3 is 14.4 Å². The van der Waals surface area contributed by atoms with Crippen LogP contribution in [-0.4, -0.2) is 56.9 Å². The molecule has 5 rings (SSSR count). The quantitative estimate of drug-likeness (QED) is 0.389. The van der Waals surface area contributed by atoms with Gasteiger partial charge in [0.2, 0.25) is 5.91 Å². The normalized spacial score (nSPS) is 22.3. The summed E-state index contributed by atoms with van der Waals surface area (Å²) in [4.78, 5) is 33.5. The molecule has 9 nitrogen and oxygen atoms in total. The van der Waals surface area contributed by atoms with E-state index in [-0.39, 0.29) is 37.6 Å². The minimum absolute atomic E-state index is 0.0288. The molecule has 2 saturated heterocycles. The predicted molar refractivity (Wildman–Crippen MR) is 153 cm³/mol. The molecule has 0 aliphatic carbocycles. The van der Waals surface area contributed by atoms with Gasteiger partial charge in [0.1, 0.15) is 16.2 Å². The molecule has 2 aliphatic rings. The van der Waals surface area contributed by atoms with Crippen molar-refractivity contribution in [2.24, 2.45) is 0 Å². The van der Waals surface area contributed by atoms with E-state index >= 15 is 0 Å². The van der Waals surface area contributed by atoms with Crippen LogP contribution in [0.2, 0.25) is 0 Å². The Bertz CT molecular complexity index is 1430. The number of amides is 2. The first-order valence-corrected chi connectivity index (χ1v) is 15.5. The lowest BCUT2D eigenvalue weighted by Gasteiger charge is -2.32. The highest BCUT2D eigenvalue weighted by atomic mass is 32.2. The maximum absolute atomic E-state index is 14.0. The number of hydroxylamine groups is 1. The molecule has 1 N–H and O–H groups in total. The van der Waals surface area contributed by atoms with E-state index in [4.69, 9.17) is 14.3 Å². The Labute approximate surface area is 240 Å². The molecule has 216 valence electrons. The maximum Gasteiger partial charge on any atom is 0.253 e. The molecule has 2 fully saturated rings. The fourth-order valence-corrected chi connectivity index (χ4v) is 7.38. The standard InChI is InChI=1S/C31H34N2O7S/c34-28(32-40-29-13-7-8-21-38-29)23-31(25-14-16-27(17-15-25)39-26-11-5-2-6-12-26)18-19-33(20-22-41(31,36)37)30(35)24-9-3-1-4-10-24/h1-6,9-12,14-17,29H,7-8,13,18-23H2,(H,32,34). The number of rotatable bonds is 8. The molecule has 0 radical (unpaired) electrons. The second kappa shape index (κ2) is 12.8. The van der Waals surface area contributed by atoms with Crippen LogP contribution < -0.4 is 10.2 Å². The molecular weight excluding hydrogens is 544 g/mol. The fourth-order valence-electron chi connectivity index (χ4n) is 5.28. The summed E-state index contributed by atoms with van der Waals surface area (Å²) >= 11 is 0. The van der Waals surface area contributed by atoms with Crippen LogP contribution in [0.15, 0.2) is 84.9 Å². The van der Waals surface area contributed by atoms with E-state index in [9.17, 15) is 18.0 Å². The molecule has 2 unspecified atom stereocenters. The Kier molecular flexibility index (Phi) is 9.02. The van der Waals surface area contributed by atoms with Crippen LogP contribution in [0, 0.1) is 0 Å². The molecule has 2 atom stereocenters. The van der Waals surface area contributed by atoms with Gasteiger partial charge in [-0.15, -0.1) is 0 Å². The summed E-state index contributed by atoms with van der Waals surface area (Å²) in [7, 11) is -3.92. The molecule has 0 bridgehead atoms. The molecule has 0 saturated carbocycles. The zero-order chi connectivity index (χ0) is 28.7. The van der Waals surface area contributed by atoms with Crippen LogP contribution in [0.4, 0.5) is 0 Å². The second-order valence-electron chi connectivity index (χ2n) is 10.3. The molecular formula is C31H34N2O7S. The number of nitrogens with zero attached hydrogens (tertiary/aromatic N) is 1. The number of para-hydroxylation sites is 1. The lowest BCUT2D eigenvalue weighted by molar-refractivity contribution is -0.200. The highest BCUT2D eigenvalue weighted by Crippen LogP contribution is 2.41. The minimum Gasteiger partial charge on any atom is -0.457 e. The Morgan fingerprint density at radius 3 is 2.27 bits per heavy atom. The highest BCUT2D eigenvalue weighted by molar-refractivity contribution is 7.92. The van der Waals surface area contributed by atoms with Gasteiger partial charge in [0, 0.05) is 31.7 Å². The molecule has 2 heterocycles. The van der Waals surface area contributed by atoms with Crippen LogP contribution in [0.5, 0.6) is 11.5 Å². The summed E-state index contributed by atoms with van der Waals surface area (Å²) in [6, 6.07) is 24.8. The highest BCUT2D eigenvalue weighted by Gasteiger charge is 2.49. The van der Waals surface area contributed by atoms with Crippen LogP contribution in [0.3, 0.4) is 0 Å². The van der Waals surface area contributed by atoms with Crippen LogP contribution in [-0.2, 0) is 29.0 Å². The zero-order valence-electron chi connectivity index (χ0n) is 22.7. The third-order valence-electron chi connectivity index (χ3n) is 7.57. The lowest BCUT2D eigenvalue weighted by Crippen LogP contribution is -2.43. The monoisotopic (exact) mass is 578 g/mol. The number of hydrogen-bond acceptors (Lipinski definition) is 7. The van der Waals surface area contributed by atoms with Crippen molar-refractivity contribution in [1.82, 2.24) is 10.4 Å². The number of hydrogen-bond donors (Lipinski definition) is 1. The fraction of sp³-hybridized carbons (Fsp3) is 0.355. The molecule has 10 heteroatoms. The zero-order valence-corrected chi connectivity index (χ0v) is 23.6. The summed E-state index contributed by atoms with van der Waals surface area (Å²) in [5, 5.41) is 0. The van der Waals surface area contributed by atoms with Gasteiger partial charge in [-0.3, -0.25) is 9.59 Å². The first-order chi connectivity index (χ1) is 19.9. The Balaban J connectivity index is 1.41. The summed E-state index contributed by atoms with van der Waals surface area (Å²) in [6.07, 6.45) is 1.60. The van der Waals surface area contributed by atoms with Crippen molar-refractivity contribution in [3.8, 4) is 11.5 Å². The van der Waals surface area contributed by atoms with E-state index in [1.54, 1.807) is 53.4 Å². The summed E-state index contributed by atoms with van der Waals surface area (Å²) < 4.78 is 37.9. The average Bonchev–Trinajstić information content (AvgIpc) is 3.13. The van der Waals surface area contributed by atoms with Gasteiger partial charge in [-0.2, -0.15) is 0 Å². The topological polar surface area (TPSA) is 111 Å². The molecule has 3 aromatic rings. The Hall–Kier alpha value is -3.73. The maximum atomic E-state index is 14.0. The van der Waals surface area contributed by atoms with Crippen LogP contribution in [0.1, 0.15) is 48.0 Å². The third-order valence-corrected chi connectivity index (χ3v) is 10.1. The minimum atomic E-state index is -3.92. The van der Waals surface area contributed by atoms with E-state index < -0.39 is 26.8 Å². The Morgan fingerprint density at radius 1 is 0.902 bits per heavy atom. The van der Waals surface area contributed by atoms with E-state index in [0.29, 0.717) is 35.7 Å². The number of benzene rings is 3. The van der Waals surface area contributed by atoms with Gasteiger partial charge in [0.25, 0.3) is 5.91 Å². The number of carbonyl (C=O) groups is 2. The number of ether oxygens (including phenoxy) is 2. The smallest absolute Gasteiger partial charge is 0.253 e. The summed E-state index contributed by atoms with van der Waals surface area (Å²) in [6.45, 7) is 0.734. The van der Waals surface area contributed by atoms with Crippen LogP contribution in [0.25, 0.3) is 0 Å². The van der Waals surface area contributed by atoms with Crippen molar-refractivity contribution in [1.29, 1.82) is 0 Å². The summed E-state index contributed by atoms with van der Waals surface area (Å²) in [5.41, 5.74) is 3.36. The predicted octanol–water partition coefficient (Wildman–Crippen LogP) is 4.60. The van der Waals surface area contributed by atoms with E-state index in [0.717, 1.165) is 12.8 Å². The van der Waals surface area contributed by atoms with E-state index in [1.807, 2.05) is 36.4 Å². The molecule has 41 heavy (non-hydrogen) atoms. The molecule has 2 aliphatic heterocycles. The van der Waals surface area contributed by atoms with E-state index in [2.05, 4.69) is 5.48 Å². The van der Waals surface area contributed by atoms with Gasteiger partial charge in [0.15, 0.2) is 16.1 Å². The van der Waals surface area contributed by atoms with Crippen LogP contribution >= 0.6 is 0 Å². The van der Waals surface area contributed by atoms with Crippen molar-refractivity contribution in [2.45, 2.75) is 43.1 Å². The number of nitrogens with one attached hydrogen (secondary N) is 1. The first kappa shape index (κ1) is 28.8. The van der Waals surface area contributed by atoms with E-state index in [1.165, 1.54) is 0 Å². The van der Waals surface area contributed by atoms with Gasteiger partial charge in [0.05, 0.1) is 12.2 Å². The largest absolute Gasteiger partial charge is 0.457 e. The number of carbonyl (C=O) groups excluding carboxylic acids is 2. The van der Waals surface area contributed by atoms with Crippen molar-refractivity contribution in [2.75, 3.05) is 25.4 Å². The molecule has 0 aromatic heterocycles. The van der Waals surface area contributed by atoms with Crippen molar-refractivity contribution in [3.63, 3.8) is 0 Å². The first-order valence-electron chi connectivity index (χ1n) is 13.8. The molecule has 3 aromatic carbocycles. The average molecular weight is 579 g/mol. The van der Waals surface area contributed by atoms with Gasteiger partial charge in [-0.1, -0.05) is 48.5 Å². The SMILES string of the molecule is O=C(CC1(c2ccc(Oc3ccccc3)cc2)CCN(C(=O)c2ccccc2)CCS1(=O)=O)NOC1CCCCO1. The molecule has 2 amide bonds. The third kappa shape index (κ3) is 6.78. The summed E-state index contributed by atoms with van der Waals surface area (Å²) in [5.74, 6) is 0.0757. The number of sulfone groups is 1. The van der Waals surface area contributed by atoms with Crippen molar-refractivity contribution in [3.05, 3.63) is 96.1 Å². The second-order valence-corrected chi connectivity index (χ2v) is 12.7. The van der Waals surface area contributed by atoms with Crippen molar-refractivity contribution >= 4 is 21.7 Å². The van der Waals surface area contributed by atoms with Gasteiger partial charge in [-0.05, 0) is 61.2 Å².